The van der Waals surface area contributed by atoms with Crippen molar-refractivity contribution in [3.63, 3.8) is 0 Å². The van der Waals surface area contributed by atoms with Crippen molar-refractivity contribution in [3.8, 4) is 0 Å². The van der Waals surface area contributed by atoms with Crippen molar-refractivity contribution >= 4 is 11.9 Å². The molecule has 3 rings (SSSR count). The molecule has 1 aliphatic carbocycles. The summed E-state index contributed by atoms with van der Waals surface area (Å²) in [6, 6.07) is -0.614. The molecule has 6 nitrogen and oxygen atoms in total. The minimum absolute atomic E-state index is 0.0759. The minimum atomic E-state index is -0.890. The topological polar surface area (TPSA) is 75.4 Å². The SMILES string of the molecule is Cc1c(C(=O)N2[C@H](C(=O)O)C[C@@H]3CCCC[C@@H]32)cnn1C. The van der Waals surface area contributed by atoms with E-state index in [0.717, 1.165) is 31.4 Å². The summed E-state index contributed by atoms with van der Waals surface area (Å²) in [6.07, 6.45) is 6.30. The lowest BCUT2D eigenvalue weighted by atomic mass is 9.84. The van der Waals surface area contributed by atoms with Crippen LogP contribution in [0.1, 0.15) is 48.2 Å². The highest BCUT2D eigenvalue weighted by Crippen LogP contribution is 2.40. The highest BCUT2D eigenvalue weighted by molar-refractivity contribution is 5.98. The van der Waals surface area contributed by atoms with Gasteiger partial charge >= 0.3 is 5.97 Å². The van der Waals surface area contributed by atoms with Gasteiger partial charge in [-0.2, -0.15) is 5.10 Å². The number of carbonyl (C=O) groups is 2. The van der Waals surface area contributed by atoms with E-state index >= 15 is 0 Å². The molecule has 1 aromatic heterocycles. The smallest absolute Gasteiger partial charge is 0.326 e. The summed E-state index contributed by atoms with van der Waals surface area (Å²) in [4.78, 5) is 26.0. The van der Waals surface area contributed by atoms with Crippen LogP contribution in [0.3, 0.4) is 0 Å². The van der Waals surface area contributed by atoms with Gasteiger partial charge in [0.05, 0.1) is 11.8 Å². The van der Waals surface area contributed by atoms with Crippen LogP contribution in [0, 0.1) is 12.8 Å². The van der Waals surface area contributed by atoms with Crippen LogP contribution in [0.2, 0.25) is 0 Å². The van der Waals surface area contributed by atoms with Crippen LogP contribution in [0.4, 0.5) is 0 Å². The Labute approximate surface area is 123 Å². The third-order valence-corrected chi connectivity index (χ3v) is 5.07. The van der Waals surface area contributed by atoms with Crippen molar-refractivity contribution in [2.24, 2.45) is 13.0 Å². The molecular weight excluding hydrogens is 270 g/mol. The van der Waals surface area contributed by atoms with Gasteiger partial charge in [0, 0.05) is 18.8 Å². The van der Waals surface area contributed by atoms with Gasteiger partial charge in [0.1, 0.15) is 6.04 Å². The third-order valence-electron chi connectivity index (χ3n) is 5.07. The Hall–Kier alpha value is -1.85. The zero-order chi connectivity index (χ0) is 15.1. The average molecular weight is 291 g/mol. The molecule has 114 valence electrons. The first-order valence-corrected chi connectivity index (χ1v) is 7.54. The lowest BCUT2D eigenvalue weighted by Gasteiger charge is -2.32. The molecule has 1 saturated carbocycles. The molecule has 1 saturated heterocycles. The average Bonchev–Trinajstić information content (AvgIpc) is 3.00. The highest BCUT2D eigenvalue weighted by atomic mass is 16.4. The standard InChI is InChI=1S/C15H21N3O3/c1-9-11(8-16-17(9)2)14(19)18-12-6-4-3-5-10(12)7-13(18)15(20)21/h8,10,12-13H,3-7H2,1-2H3,(H,20,21)/t10-,12-,13-/m0/s1. The van der Waals surface area contributed by atoms with Crippen LogP contribution in [-0.4, -0.2) is 43.7 Å². The lowest BCUT2D eigenvalue weighted by molar-refractivity contribution is -0.141. The number of carboxylic acid groups (broad SMARTS) is 1. The molecule has 0 aromatic carbocycles. The Kier molecular flexibility index (Phi) is 3.47. The fourth-order valence-electron chi connectivity index (χ4n) is 3.82. The van der Waals surface area contributed by atoms with Crippen LogP contribution < -0.4 is 0 Å². The number of rotatable bonds is 2. The summed E-state index contributed by atoms with van der Waals surface area (Å²) < 4.78 is 1.65. The fourth-order valence-corrected chi connectivity index (χ4v) is 3.82. The highest BCUT2D eigenvalue weighted by Gasteiger charge is 2.48. The molecule has 0 unspecified atom stereocenters. The van der Waals surface area contributed by atoms with Crippen LogP contribution in [-0.2, 0) is 11.8 Å². The molecule has 2 heterocycles. The normalized spacial score (nSPS) is 28.5. The summed E-state index contributed by atoms with van der Waals surface area (Å²) >= 11 is 0. The number of carboxylic acids is 1. The van der Waals surface area contributed by atoms with Gasteiger partial charge in [-0.1, -0.05) is 12.8 Å². The first-order chi connectivity index (χ1) is 10.0. The predicted octanol–water partition coefficient (Wildman–Crippen LogP) is 1.59. The molecule has 1 aliphatic heterocycles. The van der Waals surface area contributed by atoms with E-state index in [1.165, 1.54) is 0 Å². The van der Waals surface area contributed by atoms with Crippen LogP contribution in [0.25, 0.3) is 0 Å². The van der Waals surface area contributed by atoms with E-state index in [4.69, 9.17) is 0 Å². The number of fused-ring (bicyclic) bond motifs is 1. The molecule has 6 heteroatoms. The number of likely N-dealkylation sites (tertiary alicyclic amines) is 1. The molecule has 21 heavy (non-hydrogen) atoms. The molecule has 2 fully saturated rings. The Morgan fingerprint density at radius 2 is 2.05 bits per heavy atom. The number of nitrogens with zero attached hydrogens (tertiary/aromatic N) is 3. The van der Waals surface area contributed by atoms with E-state index < -0.39 is 12.0 Å². The Morgan fingerprint density at radius 1 is 1.33 bits per heavy atom. The maximum absolute atomic E-state index is 12.9. The van der Waals surface area contributed by atoms with Crippen molar-refractivity contribution in [1.29, 1.82) is 0 Å². The van der Waals surface area contributed by atoms with E-state index in [0.29, 0.717) is 17.9 Å². The third kappa shape index (κ3) is 2.22. The second-order valence-corrected chi connectivity index (χ2v) is 6.18. The fraction of sp³-hybridized carbons (Fsp3) is 0.667. The van der Waals surface area contributed by atoms with Gasteiger partial charge in [-0.3, -0.25) is 9.48 Å². The van der Waals surface area contributed by atoms with Crippen molar-refractivity contribution in [1.82, 2.24) is 14.7 Å². The molecule has 1 amide bonds. The Bertz CT molecular complexity index is 581. The zero-order valence-electron chi connectivity index (χ0n) is 12.5. The number of amides is 1. The Morgan fingerprint density at radius 3 is 2.67 bits per heavy atom. The lowest BCUT2D eigenvalue weighted by Crippen LogP contribution is -2.46. The summed E-state index contributed by atoms with van der Waals surface area (Å²) in [5.74, 6) is -0.734. The van der Waals surface area contributed by atoms with E-state index in [-0.39, 0.29) is 11.9 Å². The largest absolute Gasteiger partial charge is 0.480 e. The second-order valence-electron chi connectivity index (χ2n) is 6.18. The first kappa shape index (κ1) is 14.1. The molecule has 0 bridgehead atoms. The van der Waals surface area contributed by atoms with Gasteiger partial charge in [-0.05, 0) is 32.1 Å². The van der Waals surface area contributed by atoms with E-state index in [1.54, 1.807) is 22.8 Å². The predicted molar refractivity (Wildman–Crippen MR) is 75.9 cm³/mol. The summed E-state index contributed by atoms with van der Waals surface area (Å²) in [5.41, 5.74) is 1.30. The van der Waals surface area contributed by atoms with Gasteiger partial charge in [0.25, 0.3) is 5.91 Å². The second kappa shape index (κ2) is 5.16. The molecule has 0 spiro atoms. The number of carbonyl (C=O) groups excluding carboxylic acids is 1. The van der Waals surface area contributed by atoms with E-state index in [2.05, 4.69) is 5.10 Å². The summed E-state index contributed by atoms with van der Waals surface area (Å²) in [7, 11) is 1.79. The maximum atomic E-state index is 12.9. The molecular formula is C15H21N3O3. The Balaban J connectivity index is 1.94. The maximum Gasteiger partial charge on any atom is 0.326 e. The number of aryl methyl sites for hydroxylation is 1. The van der Waals surface area contributed by atoms with Crippen molar-refractivity contribution < 1.29 is 14.7 Å². The minimum Gasteiger partial charge on any atom is -0.480 e. The van der Waals surface area contributed by atoms with Gasteiger partial charge in [-0.25, -0.2) is 4.79 Å². The first-order valence-electron chi connectivity index (χ1n) is 7.54. The molecule has 2 aliphatic rings. The number of hydrogen-bond acceptors (Lipinski definition) is 3. The quantitative estimate of drug-likeness (QED) is 0.897. The van der Waals surface area contributed by atoms with Gasteiger partial charge in [0.15, 0.2) is 0 Å². The summed E-state index contributed by atoms with van der Waals surface area (Å²) in [5, 5.41) is 13.6. The zero-order valence-corrected chi connectivity index (χ0v) is 12.5. The number of aliphatic carboxylic acids is 1. The van der Waals surface area contributed by atoms with Gasteiger partial charge in [0.2, 0.25) is 0 Å². The molecule has 0 radical (unpaired) electrons. The van der Waals surface area contributed by atoms with Crippen LogP contribution in [0.15, 0.2) is 6.20 Å². The van der Waals surface area contributed by atoms with Crippen molar-refractivity contribution in [2.75, 3.05) is 0 Å². The van der Waals surface area contributed by atoms with E-state index in [9.17, 15) is 14.7 Å². The molecule has 1 aromatic rings. The molecule has 3 atom stereocenters. The summed E-state index contributed by atoms with van der Waals surface area (Å²) in [6.45, 7) is 1.84. The van der Waals surface area contributed by atoms with Crippen molar-refractivity contribution in [3.05, 3.63) is 17.5 Å². The van der Waals surface area contributed by atoms with E-state index in [1.807, 2.05) is 6.92 Å². The van der Waals surface area contributed by atoms with Gasteiger partial charge in [-0.15, -0.1) is 0 Å². The number of hydrogen-bond donors (Lipinski definition) is 1. The number of aromatic nitrogens is 2. The van der Waals surface area contributed by atoms with Crippen LogP contribution >= 0.6 is 0 Å². The monoisotopic (exact) mass is 291 g/mol. The van der Waals surface area contributed by atoms with Crippen molar-refractivity contribution in [2.45, 2.75) is 51.1 Å². The van der Waals surface area contributed by atoms with Crippen LogP contribution in [0.5, 0.6) is 0 Å². The van der Waals surface area contributed by atoms with Gasteiger partial charge < -0.3 is 10.0 Å². The molecule has 1 N–H and O–H groups in total.